The standard InChI is InChI=1S/C18H24ClNO4/c1-3-24-14-4-12-20(13-11-18(22)23-2)17(21)10-7-15-5-8-16(19)9-6-15/h5-10H,3-4,11-14H2,1-2H3/b10-7+. The van der Waals surface area contributed by atoms with Crippen LogP contribution in [0.1, 0.15) is 25.3 Å². The second-order valence-electron chi connectivity index (χ2n) is 5.09. The van der Waals surface area contributed by atoms with Gasteiger partial charge in [0.15, 0.2) is 0 Å². The Kier molecular flexibility index (Phi) is 9.80. The molecule has 24 heavy (non-hydrogen) atoms. The quantitative estimate of drug-likeness (QED) is 0.368. The number of carbonyl (C=O) groups excluding carboxylic acids is 2. The van der Waals surface area contributed by atoms with Crippen molar-refractivity contribution in [2.75, 3.05) is 33.4 Å². The lowest BCUT2D eigenvalue weighted by molar-refractivity contribution is -0.141. The third-order valence-electron chi connectivity index (χ3n) is 3.33. The molecule has 132 valence electrons. The number of hydrogen-bond donors (Lipinski definition) is 0. The molecule has 0 saturated heterocycles. The number of benzene rings is 1. The molecule has 0 atom stereocenters. The van der Waals surface area contributed by atoms with E-state index in [1.165, 1.54) is 13.2 Å². The van der Waals surface area contributed by atoms with Gasteiger partial charge in [-0.15, -0.1) is 0 Å². The van der Waals surface area contributed by atoms with E-state index in [1.54, 1.807) is 23.1 Å². The molecule has 0 N–H and O–H groups in total. The van der Waals surface area contributed by atoms with E-state index in [2.05, 4.69) is 4.74 Å². The fraction of sp³-hybridized carbons (Fsp3) is 0.444. The van der Waals surface area contributed by atoms with Crippen LogP contribution in [0.3, 0.4) is 0 Å². The van der Waals surface area contributed by atoms with Gasteiger partial charge in [-0.2, -0.15) is 0 Å². The summed E-state index contributed by atoms with van der Waals surface area (Å²) in [5.74, 6) is -0.482. The molecule has 0 aliphatic carbocycles. The first-order chi connectivity index (χ1) is 11.6. The van der Waals surface area contributed by atoms with Gasteiger partial charge in [0.2, 0.25) is 5.91 Å². The van der Waals surface area contributed by atoms with Crippen LogP contribution in [0.4, 0.5) is 0 Å². The normalized spacial score (nSPS) is 10.8. The maximum absolute atomic E-state index is 12.4. The average molecular weight is 354 g/mol. The van der Waals surface area contributed by atoms with Crippen LogP contribution < -0.4 is 0 Å². The van der Waals surface area contributed by atoms with E-state index in [-0.39, 0.29) is 18.3 Å². The van der Waals surface area contributed by atoms with Gasteiger partial charge in [0.25, 0.3) is 0 Å². The zero-order valence-corrected chi connectivity index (χ0v) is 14.9. The highest BCUT2D eigenvalue weighted by atomic mass is 35.5. The number of halogens is 1. The number of nitrogens with zero attached hydrogens (tertiary/aromatic N) is 1. The first kappa shape index (κ1) is 20.2. The van der Waals surface area contributed by atoms with Crippen LogP contribution >= 0.6 is 11.6 Å². The Morgan fingerprint density at radius 2 is 1.92 bits per heavy atom. The van der Waals surface area contributed by atoms with Crippen LogP contribution in [0, 0.1) is 0 Å². The summed E-state index contributed by atoms with van der Waals surface area (Å²) in [7, 11) is 1.34. The largest absolute Gasteiger partial charge is 0.469 e. The maximum Gasteiger partial charge on any atom is 0.307 e. The molecule has 5 nitrogen and oxygen atoms in total. The first-order valence-corrected chi connectivity index (χ1v) is 8.31. The Morgan fingerprint density at radius 1 is 1.21 bits per heavy atom. The van der Waals surface area contributed by atoms with Crippen LogP contribution in [-0.2, 0) is 19.1 Å². The molecule has 0 aliphatic rings. The molecule has 0 heterocycles. The molecular weight excluding hydrogens is 330 g/mol. The molecule has 0 aliphatic heterocycles. The van der Waals surface area contributed by atoms with Crippen molar-refractivity contribution >= 4 is 29.6 Å². The van der Waals surface area contributed by atoms with Crippen molar-refractivity contribution in [1.29, 1.82) is 0 Å². The number of amides is 1. The summed E-state index contributed by atoms with van der Waals surface area (Å²) < 4.78 is 9.92. The van der Waals surface area contributed by atoms with Crippen molar-refractivity contribution in [3.05, 3.63) is 40.9 Å². The van der Waals surface area contributed by atoms with Gasteiger partial charge in [0.1, 0.15) is 0 Å². The van der Waals surface area contributed by atoms with Crippen molar-refractivity contribution in [2.45, 2.75) is 19.8 Å². The lowest BCUT2D eigenvalue weighted by Crippen LogP contribution is -2.33. The van der Waals surface area contributed by atoms with Gasteiger partial charge in [-0.1, -0.05) is 23.7 Å². The van der Waals surface area contributed by atoms with Crippen molar-refractivity contribution < 1.29 is 19.1 Å². The van der Waals surface area contributed by atoms with Crippen LogP contribution in [0.2, 0.25) is 5.02 Å². The molecule has 0 radical (unpaired) electrons. The van der Waals surface area contributed by atoms with Gasteiger partial charge in [0, 0.05) is 37.4 Å². The lowest BCUT2D eigenvalue weighted by atomic mass is 10.2. The summed E-state index contributed by atoms with van der Waals surface area (Å²) in [5, 5.41) is 0.647. The third kappa shape index (κ3) is 8.13. The predicted molar refractivity (Wildman–Crippen MR) is 94.8 cm³/mol. The van der Waals surface area contributed by atoms with Gasteiger partial charge in [-0.05, 0) is 37.1 Å². The molecule has 0 spiro atoms. The van der Waals surface area contributed by atoms with E-state index in [0.717, 1.165) is 12.0 Å². The minimum Gasteiger partial charge on any atom is -0.469 e. The summed E-state index contributed by atoms with van der Waals surface area (Å²) in [6.45, 7) is 4.00. The molecule has 0 bridgehead atoms. The van der Waals surface area contributed by atoms with Gasteiger partial charge < -0.3 is 14.4 Å². The first-order valence-electron chi connectivity index (χ1n) is 7.94. The summed E-state index contributed by atoms with van der Waals surface area (Å²) >= 11 is 5.84. The fourth-order valence-corrected chi connectivity index (χ4v) is 2.14. The number of carbonyl (C=O) groups is 2. The molecule has 0 saturated carbocycles. The number of ether oxygens (including phenoxy) is 2. The summed E-state index contributed by atoms with van der Waals surface area (Å²) in [6, 6.07) is 7.20. The number of hydrogen-bond acceptors (Lipinski definition) is 4. The molecule has 1 rings (SSSR count). The second kappa shape index (κ2) is 11.6. The summed E-state index contributed by atoms with van der Waals surface area (Å²) in [5.41, 5.74) is 0.884. The van der Waals surface area contributed by atoms with Crippen molar-refractivity contribution in [2.24, 2.45) is 0 Å². The SMILES string of the molecule is CCOCCCN(CCC(=O)OC)C(=O)/C=C/c1ccc(Cl)cc1. The highest BCUT2D eigenvalue weighted by Crippen LogP contribution is 2.11. The smallest absolute Gasteiger partial charge is 0.307 e. The molecule has 0 aromatic heterocycles. The Balaban J connectivity index is 2.62. The minimum absolute atomic E-state index is 0.148. The minimum atomic E-state index is -0.334. The van der Waals surface area contributed by atoms with E-state index in [0.29, 0.717) is 31.3 Å². The van der Waals surface area contributed by atoms with Crippen molar-refractivity contribution in [1.82, 2.24) is 4.90 Å². The van der Waals surface area contributed by atoms with Gasteiger partial charge in [-0.3, -0.25) is 9.59 Å². The molecule has 6 heteroatoms. The number of methoxy groups -OCH3 is 1. The van der Waals surface area contributed by atoms with E-state index >= 15 is 0 Å². The van der Waals surface area contributed by atoms with Gasteiger partial charge in [0.05, 0.1) is 13.5 Å². The zero-order valence-electron chi connectivity index (χ0n) is 14.2. The van der Waals surface area contributed by atoms with E-state index < -0.39 is 0 Å². The van der Waals surface area contributed by atoms with E-state index in [1.807, 2.05) is 19.1 Å². The Bertz CT molecular complexity index is 542. The van der Waals surface area contributed by atoms with E-state index in [9.17, 15) is 9.59 Å². The van der Waals surface area contributed by atoms with Gasteiger partial charge in [-0.25, -0.2) is 0 Å². The summed E-state index contributed by atoms with van der Waals surface area (Å²) in [6.07, 6.45) is 4.12. The molecule has 0 fully saturated rings. The zero-order chi connectivity index (χ0) is 17.8. The van der Waals surface area contributed by atoms with E-state index in [4.69, 9.17) is 16.3 Å². The highest BCUT2D eigenvalue weighted by molar-refractivity contribution is 6.30. The monoisotopic (exact) mass is 353 g/mol. The highest BCUT2D eigenvalue weighted by Gasteiger charge is 2.12. The van der Waals surface area contributed by atoms with Crippen LogP contribution in [0.15, 0.2) is 30.3 Å². The third-order valence-corrected chi connectivity index (χ3v) is 3.59. The topological polar surface area (TPSA) is 55.8 Å². The van der Waals surface area contributed by atoms with Crippen LogP contribution in [-0.4, -0.2) is 50.2 Å². The van der Waals surface area contributed by atoms with Crippen LogP contribution in [0.5, 0.6) is 0 Å². The predicted octanol–water partition coefficient (Wildman–Crippen LogP) is 3.17. The Labute approximate surface area is 148 Å². The molecule has 1 aromatic rings. The fourth-order valence-electron chi connectivity index (χ4n) is 2.01. The average Bonchev–Trinajstić information content (AvgIpc) is 2.60. The summed E-state index contributed by atoms with van der Waals surface area (Å²) in [4.78, 5) is 25.3. The van der Waals surface area contributed by atoms with Crippen molar-refractivity contribution in [3.8, 4) is 0 Å². The Hall–Kier alpha value is -1.85. The molecular formula is C18H24ClNO4. The van der Waals surface area contributed by atoms with Crippen LogP contribution in [0.25, 0.3) is 6.08 Å². The number of esters is 1. The Morgan fingerprint density at radius 3 is 2.54 bits per heavy atom. The van der Waals surface area contributed by atoms with Gasteiger partial charge >= 0.3 is 5.97 Å². The lowest BCUT2D eigenvalue weighted by Gasteiger charge is -2.20. The van der Waals surface area contributed by atoms with Crippen molar-refractivity contribution in [3.63, 3.8) is 0 Å². The molecule has 1 aromatic carbocycles. The molecule has 0 unspecified atom stereocenters. The number of rotatable bonds is 10. The second-order valence-corrected chi connectivity index (χ2v) is 5.52. The molecule has 1 amide bonds. The maximum atomic E-state index is 12.4.